The molecule has 104 valence electrons. The molecule has 5 heteroatoms. The van der Waals surface area contributed by atoms with Crippen LogP contribution < -0.4 is 10.5 Å². The van der Waals surface area contributed by atoms with Crippen LogP contribution in [0, 0.1) is 0 Å². The Morgan fingerprint density at radius 1 is 1.05 bits per heavy atom. The molecule has 1 aliphatic heterocycles. The van der Waals surface area contributed by atoms with E-state index in [1.807, 2.05) is 24.3 Å². The molecule has 20 heavy (non-hydrogen) atoms. The molecule has 0 saturated heterocycles. The van der Waals surface area contributed by atoms with Crippen molar-refractivity contribution in [3.05, 3.63) is 62.6 Å². The molecule has 0 radical (unpaired) electrons. The first-order chi connectivity index (χ1) is 9.56. The summed E-state index contributed by atoms with van der Waals surface area (Å²) in [5.41, 5.74) is 8.00. The fourth-order valence-corrected chi connectivity index (χ4v) is 3.05. The van der Waals surface area contributed by atoms with Gasteiger partial charge in [-0.3, -0.25) is 0 Å². The zero-order valence-corrected chi connectivity index (χ0v) is 12.7. The molecular formula is C15H12Cl3NO. The van der Waals surface area contributed by atoms with Gasteiger partial charge in [0, 0.05) is 28.6 Å². The van der Waals surface area contributed by atoms with Gasteiger partial charge in [-0.05, 0) is 24.3 Å². The molecule has 0 aromatic heterocycles. The van der Waals surface area contributed by atoms with E-state index in [0.717, 1.165) is 16.9 Å². The first kappa shape index (κ1) is 14.0. The summed E-state index contributed by atoms with van der Waals surface area (Å²) in [6, 6.07) is 10.8. The second-order valence-corrected chi connectivity index (χ2v) is 6.00. The van der Waals surface area contributed by atoms with Crippen LogP contribution in [0.3, 0.4) is 0 Å². The van der Waals surface area contributed by atoms with Gasteiger partial charge in [0.25, 0.3) is 0 Å². The normalized spacial score (nSPS) is 21.2. The van der Waals surface area contributed by atoms with Crippen LogP contribution in [0.15, 0.2) is 36.4 Å². The van der Waals surface area contributed by atoms with Crippen molar-refractivity contribution in [3.63, 3.8) is 0 Å². The van der Waals surface area contributed by atoms with Crippen LogP contribution in [0.4, 0.5) is 0 Å². The fourth-order valence-electron chi connectivity index (χ4n) is 2.43. The quantitative estimate of drug-likeness (QED) is 0.783. The maximum atomic E-state index is 6.25. The van der Waals surface area contributed by atoms with Gasteiger partial charge >= 0.3 is 0 Å². The van der Waals surface area contributed by atoms with E-state index >= 15 is 0 Å². The number of ether oxygens (including phenoxy) is 1. The molecule has 2 nitrogen and oxygen atoms in total. The van der Waals surface area contributed by atoms with Crippen LogP contribution >= 0.6 is 34.8 Å². The van der Waals surface area contributed by atoms with E-state index in [1.165, 1.54) is 0 Å². The van der Waals surface area contributed by atoms with Gasteiger partial charge in [-0.15, -0.1) is 0 Å². The zero-order valence-electron chi connectivity index (χ0n) is 10.4. The molecule has 2 atom stereocenters. The number of hydrogen-bond donors (Lipinski definition) is 1. The van der Waals surface area contributed by atoms with Crippen LogP contribution in [0.1, 0.15) is 29.7 Å². The lowest BCUT2D eigenvalue weighted by atomic mass is 9.93. The molecule has 0 saturated carbocycles. The Morgan fingerprint density at radius 3 is 2.65 bits per heavy atom. The van der Waals surface area contributed by atoms with Crippen molar-refractivity contribution in [1.29, 1.82) is 0 Å². The van der Waals surface area contributed by atoms with E-state index in [2.05, 4.69) is 0 Å². The summed E-state index contributed by atoms with van der Waals surface area (Å²) in [6.45, 7) is 0. The number of halogens is 3. The maximum Gasteiger partial charge on any atom is 0.127 e. The van der Waals surface area contributed by atoms with Gasteiger partial charge in [-0.25, -0.2) is 0 Å². The largest absolute Gasteiger partial charge is 0.485 e. The molecular weight excluding hydrogens is 317 g/mol. The number of nitrogens with two attached hydrogens (primary N) is 1. The Balaban J connectivity index is 1.99. The third-order valence-electron chi connectivity index (χ3n) is 3.44. The molecule has 1 aliphatic rings. The highest BCUT2D eigenvalue weighted by Crippen LogP contribution is 2.43. The van der Waals surface area contributed by atoms with Gasteiger partial charge < -0.3 is 10.5 Å². The topological polar surface area (TPSA) is 35.2 Å². The summed E-state index contributed by atoms with van der Waals surface area (Å²) < 4.78 is 6.00. The smallest absolute Gasteiger partial charge is 0.127 e. The van der Waals surface area contributed by atoms with E-state index in [-0.39, 0.29) is 12.1 Å². The van der Waals surface area contributed by atoms with Crippen molar-refractivity contribution in [2.75, 3.05) is 0 Å². The molecule has 2 aromatic carbocycles. The van der Waals surface area contributed by atoms with Gasteiger partial charge in [-0.2, -0.15) is 0 Å². The van der Waals surface area contributed by atoms with E-state index in [4.69, 9.17) is 45.3 Å². The first-order valence-corrected chi connectivity index (χ1v) is 7.35. The van der Waals surface area contributed by atoms with Crippen molar-refractivity contribution in [2.24, 2.45) is 5.73 Å². The molecule has 3 rings (SSSR count). The standard InChI is InChI=1S/C15H12Cl3NO/c16-8-4-5-13-10(6-8)12(19)7-14(20-13)9-2-1-3-11(17)15(9)18/h1-6,12,14H,7,19H2/t12-,14?/m0/s1. The van der Waals surface area contributed by atoms with Crippen LogP contribution in [-0.4, -0.2) is 0 Å². The first-order valence-electron chi connectivity index (χ1n) is 6.22. The predicted octanol–water partition coefficient (Wildman–Crippen LogP) is 5.17. The summed E-state index contributed by atoms with van der Waals surface area (Å²) in [5, 5.41) is 1.69. The number of fused-ring (bicyclic) bond motifs is 1. The average Bonchev–Trinajstić information content (AvgIpc) is 2.42. The van der Waals surface area contributed by atoms with E-state index in [0.29, 0.717) is 21.5 Å². The molecule has 1 heterocycles. The Hall–Kier alpha value is -0.930. The number of rotatable bonds is 1. The summed E-state index contributed by atoms with van der Waals surface area (Å²) in [6.07, 6.45) is 0.429. The minimum atomic E-state index is -0.204. The minimum absolute atomic E-state index is 0.141. The van der Waals surface area contributed by atoms with Gasteiger partial charge in [0.1, 0.15) is 11.9 Å². The van der Waals surface area contributed by atoms with Crippen LogP contribution in [-0.2, 0) is 0 Å². The van der Waals surface area contributed by atoms with Crippen molar-refractivity contribution in [2.45, 2.75) is 18.6 Å². The minimum Gasteiger partial charge on any atom is -0.485 e. The van der Waals surface area contributed by atoms with Crippen molar-refractivity contribution in [3.8, 4) is 5.75 Å². The summed E-state index contributed by atoms with van der Waals surface area (Å²) in [7, 11) is 0. The molecule has 0 amide bonds. The Kier molecular flexibility index (Phi) is 3.83. The summed E-state index contributed by atoms with van der Waals surface area (Å²) in [5.74, 6) is 0.745. The lowest BCUT2D eigenvalue weighted by Gasteiger charge is -2.31. The van der Waals surface area contributed by atoms with E-state index in [1.54, 1.807) is 12.1 Å². The van der Waals surface area contributed by atoms with Crippen LogP contribution in [0.5, 0.6) is 5.75 Å². The SMILES string of the molecule is N[C@H]1CC(c2cccc(Cl)c2Cl)Oc2ccc(Cl)cc21. The number of hydrogen-bond acceptors (Lipinski definition) is 2. The van der Waals surface area contributed by atoms with Gasteiger partial charge in [0.2, 0.25) is 0 Å². The van der Waals surface area contributed by atoms with Crippen molar-refractivity contribution in [1.82, 2.24) is 0 Å². The Morgan fingerprint density at radius 2 is 1.85 bits per heavy atom. The molecule has 2 N–H and O–H groups in total. The maximum absolute atomic E-state index is 6.25. The number of benzene rings is 2. The zero-order chi connectivity index (χ0) is 14.3. The Bertz CT molecular complexity index is 660. The van der Waals surface area contributed by atoms with Gasteiger partial charge in [0.15, 0.2) is 0 Å². The third kappa shape index (κ3) is 2.49. The average molecular weight is 329 g/mol. The third-order valence-corrected chi connectivity index (χ3v) is 4.51. The highest BCUT2D eigenvalue weighted by molar-refractivity contribution is 6.42. The van der Waals surface area contributed by atoms with Crippen molar-refractivity contribution >= 4 is 34.8 Å². The second kappa shape index (κ2) is 5.45. The van der Waals surface area contributed by atoms with E-state index in [9.17, 15) is 0 Å². The van der Waals surface area contributed by atoms with Crippen LogP contribution in [0.25, 0.3) is 0 Å². The molecule has 1 unspecified atom stereocenters. The van der Waals surface area contributed by atoms with Gasteiger partial charge in [0.05, 0.1) is 10.0 Å². The summed E-state index contributed by atoms with van der Waals surface area (Å²) in [4.78, 5) is 0. The van der Waals surface area contributed by atoms with E-state index < -0.39 is 0 Å². The Labute approximate surface area is 132 Å². The predicted molar refractivity (Wildman–Crippen MR) is 82.8 cm³/mol. The molecule has 0 bridgehead atoms. The molecule has 0 aliphatic carbocycles. The molecule has 2 aromatic rings. The summed E-state index contributed by atoms with van der Waals surface area (Å²) >= 11 is 18.3. The lowest BCUT2D eigenvalue weighted by Crippen LogP contribution is -2.24. The van der Waals surface area contributed by atoms with Gasteiger partial charge in [-0.1, -0.05) is 46.9 Å². The molecule has 0 fully saturated rings. The monoisotopic (exact) mass is 327 g/mol. The fraction of sp³-hybridized carbons (Fsp3) is 0.200. The van der Waals surface area contributed by atoms with Crippen molar-refractivity contribution < 1.29 is 4.74 Å². The second-order valence-electron chi connectivity index (χ2n) is 4.77. The lowest BCUT2D eigenvalue weighted by molar-refractivity contribution is 0.161. The van der Waals surface area contributed by atoms with Crippen LogP contribution in [0.2, 0.25) is 15.1 Å². The highest BCUT2D eigenvalue weighted by Gasteiger charge is 2.28. The molecule has 0 spiro atoms. The highest BCUT2D eigenvalue weighted by atomic mass is 35.5.